The van der Waals surface area contributed by atoms with E-state index in [9.17, 15) is 0 Å². The highest BCUT2D eigenvalue weighted by molar-refractivity contribution is 6.98. The van der Waals surface area contributed by atoms with Crippen LogP contribution in [0.15, 0.2) is 129 Å². The Kier molecular flexibility index (Phi) is 6.93. The molecule has 0 atom stereocenters. The van der Waals surface area contributed by atoms with Gasteiger partial charge in [0, 0.05) is 16.7 Å². The van der Waals surface area contributed by atoms with Crippen LogP contribution < -0.4 is 16.4 Å². The van der Waals surface area contributed by atoms with Crippen LogP contribution in [0.5, 0.6) is 0 Å². The third kappa shape index (κ3) is 4.59. The van der Waals surface area contributed by atoms with E-state index in [1.807, 2.05) is 30.3 Å². The lowest BCUT2D eigenvalue weighted by atomic mass is 9.33. The summed E-state index contributed by atoms with van der Waals surface area (Å²) < 4.78 is 18.4. The zero-order valence-corrected chi connectivity index (χ0v) is 29.3. The molecule has 9 aromatic rings. The summed E-state index contributed by atoms with van der Waals surface area (Å²) in [6, 6.07) is 35.2. The molecule has 4 heteroatoms. The summed E-state index contributed by atoms with van der Waals surface area (Å²) in [6.07, 6.45) is 5.27. The molecule has 0 spiro atoms. The van der Waals surface area contributed by atoms with E-state index < -0.39 is 0 Å². The normalized spacial score (nSPS) is 11.8. The molecule has 242 valence electrons. The van der Waals surface area contributed by atoms with Gasteiger partial charge in [0.15, 0.2) is 0 Å². The van der Waals surface area contributed by atoms with Gasteiger partial charge in [0.2, 0.25) is 6.71 Å². The zero-order chi connectivity index (χ0) is 34.3. The first kappa shape index (κ1) is 30.3. The van der Waals surface area contributed by atoms with Gasteiger partial charge in [-0.05, 0) is 116 Å². The SMILES string of the molecule is Cc1cc(C)c(B(c2c(C)cc(C)cc2C)c2cc(-c3ccco3)c3ccc4c(-c5ccco5)cc(-c5ccco5)c5ccc2c3c54)c(C)c1. The molecule has 0 amide bonds. The van der Waals surface area contributed by atoms with Gasteiger partial charge >= 0.3 is 0 Å². The van der Waals surface area contributed by atoms with Gasteiger partial charge in [-0.1, -0.05) is 104 Å². The molecule has 0 radical (unpaired) electrons. The van der Waals surface area contributed by atoms with E-state index in [1.165, 1.54) is 65.9 Å². The van der Waals surface area contributed by atoms with Crippen molar-refractivity contribution >= 4 is 55.4 Å². The summed E-state index contributed by atoms with van der Waals surface area (Å²) in [5, 5.41) is 7.11. The molecule has 0 aliphatic carbocycles. The number of aryl methyl sites for hydroxylation is 6. The molecule has 0 saturated carbocycles. The van der Waals surface area contributed by atoms with E-state index >= 15 is 0 Å². The van der Waals surface area contributed by atoms with Crippen LogP contribution in [0, 0.1) is 41.5 Å². The minimum atomic E-state index is -0.0106. The molecule has 0 N–H and O–H groups in total. The molecule has 50 heavy (non-hydrogen) atoms. The predicted molar refractivity (Wildman–Crippen MR) is 209 cm³/mol. The lowest BCUT2D eigenvalue weighted by Gasteiger charge is -2.27. The maximum atomic E-state index is 6.22. The fourth-order valence-corrected chi connectivity index (χ4v) is 8.91. The molecule has 3 heterocycles. The van der Waals surface area contributed by atoms with E-state index in [0.29, 0.717) is 0 Å². The average molecular weight is 649 g/mol. The maximum Gasteiger partial charge on any atom is 0.243 e. The fourth-order valence-electron chi connectivity index (χ4n) is 8.91. The molecule has 3 nitrogen and oxygen atoms in total. The van der Waals surface area contributed by atoms with Crippen LogP contribution in [0.25, 0.3) is 66.3 Å². The third-order valence-electron chi connectivity index (χ3n) is 10.7. The summed E-state index contributed by atoms with van der Waals surface area (Å²) in [5.41, 5.74) is 14.9. The highest BCUT2D eigenvalue weighted by Crippen LogP contribution is 2.46. The van der Waals surface area contributed by atoms with Crippen LogP contribution in [-0.2, 0) is 0 Å². The Morgan fingerprint density at radius 3 is 1.14 bits per heavy atom. The van der Waals surface area contributed by atoms with Crippen molar-refractivity contribution in [1.29, 1.82) is 0 Å². The van der Waals surface area contributed by atoms with Crippen molar-refractivity contribution in [2.75, 3.05) is 0 Å². The Labute approximate surface area is 292 Å². The summed E-state index contributed by atoms with van der Waals surface area (Å²) in [7, 11) is 0. The highest BCUT2D eigenvalue weighted by Gasteiger charge is 2.32. The van der Waals surface area contributed by atoms with Crippen LogP contribution in [0.2, 0.25) is 0 Å². The first-order chi connectivity index (χ1) is 24.3. The largest absolute Gasteiger partial charge is 0.464 e. The van der Waals surface area contributed by atoms with Crippen LogP contribution >= 0.6 is 0 Å². The number of rotatable bonds is 6. The Morgan fingerprint density at radius 2 is 0.760 bits per heavy atom. The molecule has 9 rings (SSSR count). The summed E-state index contributed by atoms with van der Waals surface area (Å²) in [4.78, 5) is 0. The van der Waals surface area contributed by atoms with E-state index in [4.69, 9.17) is 13.3 Å². The maximum absolute atomic E-state index is 6.22. The number of furan rings is 3. The van der Waals surface area contributed by atoms with E-state index in [0.717, 1.165) is 50.1 Å². The van der Waals surface area contributed by atoms with Gasteiger partial charge in [-0.3, -0.25) is 0 Å². The van der Waals surface area contributed by atoms with Crippen molar-refractivity contribution in [3.8, 4) is 34.0 Å². The van der Waals surface area contributed by atoms with Gasteiger partial charge in [-0.15, -0.1) is 0 Å². The molecular formula is C46H37BO3. The first-order valence-electron chi connectivity index (χ1n) is 17.3. The Hall–Kier alpha value is -5.74. The first-order valence-corrected chi connectivity index (χ1v) is 17.3. The topological polar surface area (TPSA) is 39.4 Å². The van der Waals surface area contributed by atoms with Gasteiger partial charge in [-0.25, -0.2) is 0 Å². The molecule has 0 aliphatic heterocycles. The van der Waals surface area contributed by atoms with Crippen molar-refractivity contribution in [1.82, 2.24) is 0 Å². The van der Waals surface area contributed by atoms with Crippen molar-refractivity contribution in [3.05, 3.63) is 149 Å². The second-order valence-electron chi connectivity index (χ2n) is 14.0. The summed E-state index contributed by atoms with van der Waals surface area (Å²) in [6.45, 7) is 13.5. The summed E-state index contributed by atoms with van der Waals surface area (Å²) in [5.74, 6) is 2.52. The Bertz CT molecular complexity index is 2540. The van der Waals surface area contributed by atoms with Crippen molar-refractivity contribution < 1.29 is 13.3 Å². The molecule has 0 saturated heterocycles. The molecule has 3 aromatic heterocycles. The molecule has 0 aliphatic rings. The Morgan fingerprint density at radius 1 is 0.400 bits per heavy atom. The standard InChI is InChI=1S/C46H37BO3/c1-26-20-28(3)45(29(4)21-26)47(46-30(5)22-27(2)23-31(46)6)39-25-38(42-12-9-19-50-42)34-14-13-32-36(40-10-7-17-48-40)24-37(41-11-8-18-49-41)33-15-16-35(39)44(34)43(32)33/h7-25H,1-6H3. The second kappa shape index (κ2) is 11.4. The van der Waals surface area contributed by atoms with Crippen molar-refractivity contribution in [2.45, 2.75) is 41.5 Å². The van der Waals surface area contributed by atoms with Gasteiger partial charge in [-0.2, -0.15) is 0 Å². The van der Waals surface area contributed by atoms with E-state index in [1.54, 1.807) is 18.8 Å². The van der Waals surface area contributed by atoms with Gasteiger partial charge in [0.05, 0.1) is 18.8 Å². The van der Waals surface area contributed by atoms with Gasteiger partial charge < -0.3 is 13.3 Å². The average Bonchev–Trinajstić information content (AvgIpc) is 3.90. The lowest BCUT2D eigenvalue weighted by molar-refractivity contribution is 0.581. The van der Waals surface area contributed by atoms with Gasteiger partial charge in [0.1, 0.15) is 17.3 Å². The summed E-state index contributed by atoms with van der Waals surface area (Å²) >= 11 is 0. The molecule has 6 aromatic carbocycles. The highest BCUT2D eigenvalue weighted by atomic mass is 16.3. The smallest absolute Gasteiger partial charge is 0.243 e. The number of hydrogen-bond acceptors (Lipinski definition) is 3. The van der Waals surface area contributed by atoms with Gasteiger partial charge in [0.25, 0.3) is 0 Å². The molecular weight excluding hydrogens is 611 g/mol. The number of hydrogen-bond donors (Lipinski definition) is 0. The monoisotopic (exact) mass is 648 g/mol. The minimum absolute atomic E-state index is 0.0106. The lowest BCUT2D eigenvalue weighted by Crippen LogP contribution is -2.56. The molecule has 0 bridgehead atoms. The zero-order valence-electron chi connectivity index (χ0n) is 29.3. The quantitative estimate of drug-likeness (QED) is 0.133. The van der Waals surface area contributed by atoms with Crippen LogP contribution in [0.1, 0.15) is 33.4 Å². The minimum Gasteiger partial charge on any atom is -0.464 e. The third-order valence-corrected chi connectivity index (χ3v) is 10.7. The Balaban J connectivity index is 1.50. The van der Waals surface area contributed by atoms with Crippen LogP contribution in [0.3, 0.4) is 0 Å². The molecule has 0 fully saturated rings. The van der Waals surface area contributed by atoms with E-state index in [-0.39, 0.29) is 6.71 Å². The van der Waals surface area contributed by atoms with E-state index in [2.05, 4.69) is 108 Å². The predicted octanol–water partition coefficient (Wildman–Crippen LogP) is 10.7. The molecule has 0 unspecified atom stereocenters. The second-order valence-corrected chi connectivity index (χ2v) is 14.0. The van der Waals surface area contributed by atoms with Crippen molar-refractivity contribution in [2.24, 2.45) is 0 Å². The van der Waals surface area contributed by atoms with Crippen LogP contribution in [-0.4, -0.2) is 6.71 Å². The van der Waals surface area contributed by atoms with Crippen molar-refractivity contribution in [3.63, 3.8) is 0 Å². The van der Waals surface area contributed by atoms with Crippen LogP contribution in [0.4, 0.5) is 0 Å². The number of benzene rings is 6. The fraction of sp³-hybridized carbons (Fsp3) is 0.130.